The van der Waals surface area contributed by atoms with E-state index in [0.717, 1.165) is 18.9 Å². The summed E-state index contributed by atoms with van der Waals surface area (Å²) in [6, 6.07) is 0.977. The SMILES string of the molecule is C1CC23OC2(O3)C23OC12O3.CC[Si]1(C)O[SiH](C)O[SiH](C)O[SiH](C)O1. The van der Waals surface area contributed by atoms with Crippen LogP contribution in [0.1, 0.15) is 19.8 Å². The van der Waals surface area contributed by atoms with Crippen molar-refractivity contribution in [1.82, 2.24) is 0 Å². The van der Waals surface area contributed by atoms with E-state index in [-0.39, 0.29) is 11.6 Å². The minimum atomic E-state index is -1.95. The van der Waals surface area contributed by atoms with Gasteiger partial charge in [-0.05, 0) is 32.2 Å². The van der Waals surface area contributed by atoms with Gasteiger partial charge in [0.1, 0.15) is 0 Å². The van der Waals surface area contributed by atoms with Crippen LogP contribution in [0.2, 0.25) is 32.2 Å². The second-order valence-corrected chi connectivity index (χ2v) is 17.8. The Labute approximate surface area is 147 Å². The first-order chi connectivity index (χ1) is 11.2. The zero-order chi connectivity index (χ0) is 17.0. The quantitative estimate of drug-likeness (QED) is 0.455. The van der Waals surface area contributed by atoms with Crippen molar-refractivity contribution in [2.24, 2.45) is 0 Å². The Morgan fingerprint density at radius 2 is 1.21 bits per heavy atom. The van der Waals surface area contributed by atoms with Gasteiger partial charge in [0.05, 0.1) is 0 Å². The maximum atomic E-state index is 5.99. The molecule has 0 aromatic carbocycles. The second-order valence-electron chi connectivity index (χ2n) is 7.35. The van der Waals surface area contributed by atoms with Gasteiger partial charge in [0, 0.05) is 12.8 Å². The molecule has 12 heteroatoms. The van der Waals surface area contributed by atoms with Gasteiger partial charge in [-0.1, -0.05) is 6.92 Å². The van der Waals surface area contributed by atoms with Crippen molar-refractivity contribution < 1.29 is 35.4 Å². The fourth-order valence-electron chi connectivity index (χ4n) is 4.00. The molecule has 0 amide bonds. The van der Waals surface area contributed by atoms with Crippen LogP contribution < -0.4 is 0 Å². The first-order valence-corrected chi connectivity index (χ1v) is 17.5. The molecule has 24 heavy (non-hydrogen) atoms. The maximum absolute atomic E-state index is 5.99. The molecule has 0 radical (unpaired) electrons. The van der Waals surface area contributed by atoms with E-state index in [1.807, 2.05) is 0 Å². The van der Waals surface area contributed by atoms with E-state index in [0.29, 0.717) is 0 Å². The Bertz CT molecular complexity index is 533. The van der Waals surface area contributed by atoms with E-state index in [9.17, 15) is 0 Å². The van der Waals surface area contributed by atoms with Crippen LogP contribution in [0.25, 0.3) is 0 Å². The molecule has 0 aromatic rings. The van der Waals surface area contributed by atoms with Crippen LogP contribution in [0.3, 0.4) is 0 Å². The lowest BCUT2D eigenvalue weighted by atomic mass is 10.0. The van der Waals surface area contributed by atoms with E-state index < -0.39 is 48.0 Å². The number of epoxide rings is 4. The molecule has 6 aliphatic rings. The summed E-state index contributed by atoms with van der Waals surface area (Å²) in [6.45, 7) is 10.4. The topological polar surface area (TPSA) is 87.0 Å². The van der Waals surface area contributed by atoms with Crippen LogP contribution >= 0.6 is 0 Å². The van der Waals surface area contributed by atoms with E-state index in [1.165, 1.54) is 0 Å². The van der Waals surface area contributed by atoms with Gasteiger partial charge in [-0.3, -0.25) is 0 Å². The monoisotopic (exact) mass is 408 g/mol. The largest absolute Gasteiger partial charge is 0.420 e. The number of hydrogen-bond donors (Lipinski definition) is 0. The van der Waals surface area contributed by atoms with Gasteiger partial charge in [-0.15, -0.1) is 0 Å². The minimum absolute atomic E-state index is 0.247. The molecule has 5 aliphatic heterocycles. The second kappa shape index (κ2) is 4.69. The molecule has 2 atom stereocenters. The molecule has 6 fully saturated rings. The summed E-state index contributed by atoms with van der Waals surface area (Å²) in [5.74, 6) is -1.33. The standard InChI is InChI=1S/C6H20O4Si4.C6H4O4/c1-6-14(5)9-12(3)7-11(2)8-13(4)10-14;1-2-4-6(9-4,10-4)5-3(1,7-5)8-5/h11-13H,6H2,1-5H3;1-2H2. The number of rotatable bonds is 1. The molecular formula is C12H24O8Si4. The van der Waals surface area contributed by atoms with Gasteiger partial charge >= 0.3 is 8.56 Å². The van der Waals surface area contributed by atoms with Crippen LogP contribution in [0.15, 0.2) is 0 Å². The van der Waals surface area contributed by atoms with Crippen molar-refractivity contribution in [1.29, 1.82) is 0 Å². The lowest BCUT2D eigenvalue weighted by Gasteiger charge is -2.36. The van der Waals surface area contributed by atoms with Gasteiger partial charge in [0.15, 0.2) is 0 Å². The molecule has 0 aromatic heterocycles. The minimum Gasteiger partial charge on any atom is -0.420 e. The number of ether oxygens (including phenoxy) is 4. The van der Waals surface area contributed by atoms with Crippen molar-refractivity contribution in [2.75, 3.05) is 0 Å². The Morgan fingerprint density at radius 3 is 1.58 bits per heavy atom. The van der Waals surface area contributed by atoms with E-state index in [4.69, 9.17) is 35.4 Å². The molecule has 2 unspecified atom stereocenters. The lowest BCUT2D eigenvalue weighted by molar-refractivity contribution is -0.203. The van der Waals surface area contributed by atoms with Gasteiger partial charge in [0.2, 0.25) is 11.6 Å². The molecule has 8 nitrogen and oxygen atoms in total. The predicted octanol–water partition coefficient (Wildman–Crippen LogP) is 0.395. The lowest BCUT2D eigenvalue weighted by Crippen LogP contribution is -2.52. The van der Waals surface area contributed by atoms with Crippen molar-refractivity contribution in [3.63, 3.8) is 0 Å². The van der Waals surface area contributed by atoms with Crippen LogP contribution in [-0.4, -0.2) is 59.6 Å². The number of hydrogen-bond acceptors (Lipinski definition) is 8. The third-order valence-electron chi connectivity index (χ3n) is 5.53. The normalized spacial score (nSPS) is 64.6. The smallest absolute Gasteiger partial charge is 0.316 e. The van der Waals surface area contributed by atoms with Crippen LogP contribution in [0.5, 0.6) is 0 Å². The van der Waals surface area contributed by atoms with Crippen LogP contribution in [-0.2, 0) is 35.4 Å². The highest BCUT2D eigenvalue weighted by atomic mass is 28.5. The molecule has 1 saturated carbocycles. The van der Waals surface area contributed by atoms with Crippen molar-refractivity contribution in [2.45, 2.75) is 75.1 Å². The summed E-state index contributed by atoms with van der Waals surface area (Å²) in [5.41, 5.74) is 0. The summed E-state index contributed by atoms with van der Waals surface area (Å²) in [6.07, 6.45) is 1.88. The highest BCUT2D eigenvalue weighted by Crippen LogP contribution is 2.93. The Morgan fingerprint density at radius 1 is 0.792 bits per heavy atom. The van der Waals surface area contributed by atoms with E-state index in [2.05, 4.69) is 33.1 Å². The Balaban J connectivity index is 0.000000112. The van der Waals surface area contributed by atoms with Gasteiger partial charge in [-0.25, -0.2) is 0 Å². The predicted molar refractivity (Wildman–Crippen MR) is 90.0 cm³/mol. The Kier molecular flexibility index (Phi) is 3.26. The summed E-state index contributed by atoms with van der Waals surface area (Å²) in [5, 5.41) is 0. The summed E-state index contributed by atoms with van der Waals surface area (Å²) < 4.78 is 45.0. The molecule has 5 saturated heterocycles. The maximum Gasteiger partial charge on any atom is 0.316 e. The zero-order valence-corrected chi connectivity index (χ0v) is 19.1. The van der Waals surface area contributed by atoms with Gasteiger partial charge in [-0.2, -0.15) is 0 Å². The highest BCUT2D eigenvalue weighted by Gasteiger charge is 3.18. The molecule has 0 spiro atoms. The molecule has 5 heterocycles. The van der Waals surface area contributed by atoms with Crippen LogP contribution in [0, 0.1) is 0 Å². The molecule has 6 rings (SSSR count). The average Bonchev–Trinajstić information content (AvgIpc) is 3.24. The van der Waals surface area contributed by atoms with Crippen molar-refractivity contribution in [3.05, 3.63) is 0 Å². The molecular weight excluding hydrogens is 384 g/mol. The molecule has 136 valence electrons. The fraction of sp³-hybridized carbons (Fsp3) is 1.00. The van der Waals surface area contributed by atoms with E-state index >= 15 is 0 Å². The Hall–Kier alpha value is 0.548. The van der Waals surface area contributed by atoms with Crippen molar-refractivity contribution >= 4 is 36.4 Å². The fourth-order valence-corrected chi connectivity index (χ4v) is 18.3. The third kappa shape index (κ3) is 2.05. The van der Waals surface area contributed by atoms with Gasteiger partial charge in [0.25, 0.3) is 39.4 Å². The molecule has 1 aliphatic carbocycles. The highest BCUT2D eigenvalue weighted by molar-refractivity contribution is 6.81. The molecule has 0 N–H and O–H groups in total. The zero-order valence-electron chi connectivity index (χ0n) is 14.6. The van der Waals surface area contributed by atoms with Crippen LogP contribution in [0.4, 0.5) is 0 Å². The first-order valence-electron chi connectivity index (χ1n) is 8.71. The summed E-state index contributed by atoms with van der Waals surface area (Å²) in [4.78, 5) is 0. The average molecular weight is 409 g/mol. The van der Waals surface area contributed by atoms with Gasteiger partial charge < -0.3 is 35.4 Å². The first kappa shape index (κ1) is 16.7. The summed E-state index contributed by atoms with van der Waals surface area (Å²) in [7, 11) is -6.41. The third-order valence-corrected chi connectivity index (χ3v) is 19.6. The van der Waals surface area contributed by atoms with E-state index in [1.54, 1.807) is 0 Å². The molecule has 0 bridgehead atoms. The van der Waals surface area contributed by atoms with Crippen molar-refractivity contribution in [3.8, 4) is 0 Å². The summed E-state index contributed by atoms with van der Waals surface area (Å²) >= 11 is 0.